The third-order valence-electron chi connectivity index (χ3n) is 9.54. The Labute approximate surface area is 206 Å². The Morgan fingerprint density at radius 1 is 1.23 bits per heavy atom. The van der Waals surface area contributed by atoms with Crippen LogP contribution in [0.1, 0.15) is 61.3 Å². The summed E-state index contributed by atoms with van der Waals surface area (Å²) in [6, 6.07) is 0. The molecule has 194 valence electrons. The van der Waals surface area contributed by atoms with E-state index in [9.17, 15) is 29.7 Å². The Morgan fingerprint density at radius 3 is 2.40 bits per heavy atom. The first-order chi connectivity index (χ1) is 16.1. The minimum Gasteiger partial charge on any atom is -0.458 e. The fourth-order valence-corrected chi connectivity index (χ4v) is 7.44. The Kier molecular flexibility index (Phi) is 5.94. The Balaban J connectivity index is 1.94. The first-order valence-electron chi connectivity index (χ1n) is 12.5. The van der Waals surface area contributed by atoms with Gasteiger partial charge in [-0.1, -0.05) is 46.8 Å². The highest BCUT2D eigenvalue weighted by molar-refractivity contribution is 6.04. The van der Waals surface area contributed by atoms with E-state index in [0.717, 1.165) is 0 Å². The van der Waals surface area contributed by atoms with E-state index in [4.69, 9.17) is 9.47 Å². The molecule has 2 saturated carbocycles. The summed E-state index contributed by atoms with van der Waals surface area (Å²) in [6.07, 6.45) is 2.83. The number of hydrogen-bond donors (Lipinski definition) is 3. The van der Waals surface area contributed by atoms with E-state index in [1.807, 2.05) is 20.8 Å². The number of rotatable bonds is 5. The van der Waals surface area contributed by atoms with Crippen LogP contribution in [0.3, 0.4) is 0 Å². The summed E-state index contributed by atoms with van der Waals surface area (Å²) in [5.41, 5.74) is -4.74. The number of carbonyl (C=O) groups is 3. The van der Waals surface area contributed by atoms with Crippen LogP contribution in [0.4, 0.5) is 0 Å². The van der Waals surface area contributed by atoms with Gasteiger partial charge in [-0.3, -0.25) is 14.4 Å². The van der Waals surface area contributed by atoms with Crippen LogP contribution >= 0.6 is 0 Å². The van der Waals surface area contributed by atoms with E-state index < -0.39 is 69.7 Å². The average molecular weight is 491 g/mol. The lowest BCUT2D eigenvalue weighted by molar-refractivity contribution is -0.229. The zero-order valence-electron chi connectivity index (χ0n) is 21.6. The van der Waals surface area contributed by atoms with Crippen LogP contribution < -0.4 is 0 Å². The maximum Gasteiger partial charge on any atom is 0.309 e. The van der Waals surface area contributed by atoms with Crippen molar-refractivity contribution in [1.82, 2.24) is 0 Å². The number of esters is 2. The van der Waals surface area contributed by atoms with Crippen LogP contribution in [0, 0.1) is 35.0 Å². The van der Waals surface area contributed by atoms with Crippen molar-refractivity contribution in [2.45, 2.75) is 84.2 Å². The second kappa shape index (κ2) is 7.98. The molecule has 0 aromatic rings. The van der Waals surface area contributed by atoms with Gasteiger partial charge in [0.25, 0.3) is 0 Å². The van der Waals surface area contributed by atoms with Crippen LogP contribution in [0.2, 0.25) is 0 Å². The molecule has 35 heavy (non-hydrogen) atoms. The molecule has 0 heterocycles. The van der Waals surface area contributed by atoms with Crippen molar-refractivity contribution in [2.75, 3.05) is 6.61 Å². The maximum atomic E-state index is 13.1. The molecule has 0 aliphatic heterocycles. The summed E-state index contributed by atoms with van der Waals surface area (Å²) in [4.78, 5) is 38.4. The van der Waals surface area contributed by atoms with Crippen molar-refractivity contribution in [2.24, 2.45) is 35.0 Å². The van der Waals surface area contributed by atoms with Crippen LogP contribution in [0.5, 0.6) is 0 Å². The van der Waals surface area contributed by atoms with Crippen molar-refractivity contribution in [3.63, 3.8) is 0 Å². The van der Waals surface area contributed by atoms with E-state index in [0.29, 0.717) is 17.6 Å². The fraction of sp³-hybridized carbons (Fsp3) is 0.741. The summed E-state index contributed by atoms with van der Waals surface area (Å²) in [7, 11) is 0. The van der Waals surface area contributed by atoms with E-state index in [2.05, 4.69) is 0 Å². The highest BCUT2D eigenvalue weighted by Gasteiger charge is 2.88. The van der Waals surface area contributed by atoms with Crippen LogP contribution in [-0.2, 0) is 23.9 Å². The Bertz CT molecular complexity index is 1030. The van der Waals surface area contributed by atoms with E-state index in [1.54, 1.807) is 32.9 Å². The average Bonchev–Trinajstić information content (AvgIpc) is 3.21. The van der Waals surface area contributed by atoms with Gasteiger partial charge in [-0.15, -0.1) is 0 Å². The van der Waals surface area contributed by atoms with Gasteiger partial charge < -0.3 is 24.8 Å². The minimum absolute atomic E-state index is 0.114. The van der Waals surface area contributed by atoms with Crippen molar-refractivity contribution < 1.29 is 39.2 Å². The number of aliphatic hydroxyl groups is 3. The summed E-state index contributed by atoms with van der Waals surface area (Å²) in [5, 5.41) is 34.3. The van der Waals surface area contributed by atoms with Gasteiger partial charge in [0.1, 0.15) is 11.7 Å². The van der Waals surface area contributed by atoms with E-state index in [1.165, 1.54) is 6.92 Å². The molecular formula is C27H38O8. The molecule has 0 amide bonds. The van der Waals surface area contributed by atoms with Crippen molar-refractivity contribution in [1.29, 1.82) is 0 Å². The lowest BCUT2D eigenvalue weighted by Crippen LogP contribution is -2.66. The number of carbonyl (C=O) groups excluding carboxylic acids is 3. The molecule has 9 atom stereocenters. The van der Waals surface area contributed by atoms with Crippen molar-refractivity contribution in [3.05, 3.63) is 23.3 Å². The van der Waals surface area contributed by atoms with E-state index >= 15 is 0 Å². The van der Waals surface area contributed by atoms with Gasteiger partial charge in [-0.25, -0.2) is 0 Å². The second-order valence-corrected chi connectivity index (χ2v) is 11.7. The molecule has 0 saturated heterocycles. The summed E-state index contributed by atoms with van der Waals surface area (Å²) in [6.45, 7) is 11.7. The molecule has 0 aromatic carbocycles. The molecular weight excluding hydrogens is 452 g/mol. The molecule has 0 spiro atoms. The van der Waals surface area contributed by atoms with Crippen LogP contribution in [0.15, 0.2) is 23.3 Å². The lowest BCUT2D eigenvalue weighted by Gasteiger charge is -2.53. The van der Waals surface area contributed by atoms with Gasteiger partial charge in [0.05, 0.1) is 18.1 Å². The molecule has 0 bridgehead atoms. The van der Waals surface area contributed by atoms with Gasteiger partial charge in [0, 0.05) is 42.4 Å². The second-order valence-electron chi connectivity index (χ2n) is 11.7. The summed E-state index contributed by atoms with van der Waals surface area (Å²) >= 11 is 0. The third kappa shape index (κ3) is 3.18. The number of Topliss-reactive ketones (excluding diaryl/α,β-unsaturated/α-hetero) is 1. The molecule has 0 radical (unpaired) electrons. The predicted octanol–water partition coefficient (Wildman–Crippen LogP) is 2.10. The molecule has 4 rings (SSSR count). The normalized spacial score (nSPS) is 44.1. The van der Waals surface area contributed by atoms with Gasteiger partial charge in [0.2, 0.25) is 0 Å². The molecule has 8 heteroatoms. The number of aliphatic hydroxyl groups excluding tert-OH is 1. The van der Waals surface area contributed by atoms with Crippen LogP contribution in [0.25, 0.3) is 0 Å². The third-order valence-corrected chi connectivity index (χ3v) is 9.54. The monoisotopic (exact) mass is 490 g/mol. The number of ether oxygens (including phenoxy) is 2. The SMILES string of the molecule is CC[C@H](C)C(=O)O[C@]12[C@H](OC(C)=O)[C@H](C)[C@]3(O)[C@H](C=C(CO)C[C@]4(O)C(=O)C(C)=C[C@@H]34)[C@H]1C2(C)C. The molecule has 4 aliphatic carbocycles. The number of fused-ring (bicyclic) bond motifs is 5. The first-order valence-corrected chi connectivity index (χ1v) is 12.5. The molecule has 0 unspecified atom stereocenters. The first kappa shape index (κ1) is 26.0. The molecule has 4 aliphatic rings. The standard InChI is InChI=1S/C27H38O8/c1-8-13(2)23(31)35-27-20(24(27,6)7)18-10-17(12-28)11-25(32)19(9-14(3)21(25)30)26(18,33)15(4)22(27)34-16(5)29/h9-10,13,15,18-20,22,28,32-33H,8,11-12H2,1-7H3/t13-,15-,18+,19+,20-,22+,25+,26-,27-/m0/s1. The van der Waals surface area contributed by atoms with Gasteiger partial charge in [-0.05, 0) is 24.5 Å². The largest absolute Gasteiger partial charge is 0.458 e. The summed E-state index contributed by atoms with van der Waals surface area (Å²) in [5.74, 6) is -4.75. The zero-order chi connectivity index (χ0) is 26.3. The zero-order valence-corrected chi connectivity index (χ0v) is 21.6. The predicted molar refractivity (Wildman–Crippen MR) is 126 cm³/mol. The Hall–Kier alpha value is -2.03. The minimum atomic E-state index is -1.93. The Morgan fingerprint density at radius 2 is 1.86 bits per heavy atom. The quantitative estimate of drug-likeness (QED) is 0.395. The summed E-state index contributed by atoms with van der Waals surface area (Å²) < 4.78 is 12.0. The van der Waals surface area contributed by atoms with Crippen LogP contribution in [-0.4, -0.2) is 62.6 Å². The number of hydrogen-bond acceptors (Lipinski definition) is 8. The molecule has 3 N–H and O–H groups in total. The van der Waals surface area contributed by atoms with Crippen molar-refractivity contribution in [3.8, 4) is 0 Å². The van der Waals surface area contributed by atoms with Gasteiger partial charge in [-0.2, -0.15) is 0 Å². The van der Waals surface area contributed by atoms with Gasteiger partial charge in [0.15, 0.2) is 11.4 Å². The highest BCUT2D eigenvalue weighted by Crippen LogP contribution is 2.77. The van der Waals surface area contributed by atoms with Crippen molar-refractivity contribution >= 4 is 17.7 Å². The molecule has 0 aromatic heterocycles. The highest BCUT2D eigenvalue weighted by atomic mass is 16.6. The smallest absolute Gasteiger partial charge is 0.309 e. The number of ketones is 1. The molecule has 8 nitrogen and oxygen atoms in total. The lowest BCUT2D eigenvalue weighted by atomic mass is 9.59. The topological polar surface area (TPSA) is 130 Å². The fourth-order valence-electron chi connectivity index (χ4n) is 7.44. The van der Waals surface area contributed by atoms with E-state index in [-0.39, 0.29) is 18.9 Å². The molecule has 2 fully saturated rings. The van der Waals surface area contributed by atoms with Gasteiger partial charge >= 0.3 is 11.9 Å². The maximum absolute atomic E-state index is 13.1.